The lowest BCUT2D eigenvalue weighted by molar-refractivity contribution is -0.141. The summed E-state index contributed by atoms with van der Waals surface area (Å²) in [5.41, 5.74) is 0.932. The third-order valence-electron chi connectivity index (χ3n) is 1.88. The lowest BCUT2D eigenvalue weighted by atomic mass is 10.2. The summed E-state index contributed by atoms with van der Waals surface area (Å²) in [6.45, 7) is 3.64. The first-order valence-corrected chi connectivity index (χ1v) is 5.14. The molecule has 0 spiro atoms. The molecule has 0 saturated heterocycles. The van der Waals surface area contributed by atoms with Crippen molar-refractivity contribution in [2.75, 3.05) is 7.11 Å². The van der Waals surface area contributed by atoms with Crippen LogP contribution in [0.4, 0.5) is 0 Å². The number of rotatable bonds is 4. The second kappa shape index (κ2) is 5.95. The van der Waals surface area contributed by atoms with Crippen molar-refractivity contribution < 1.29 is 14.3 Å². The molecule has 3 heteroatoms. The highest BCUT2D eigenvalue weighted by Crippen LogP contribution is 2.12. The van der Waals surface area contributed by atoms with Crippen molar-refractivity contribution in [1.82, 2.24) is 0 Å². The summed E-state index contributed by atoms with van der Waals surface area (Å²) in [7, 11) is 1.62. The monoisotopic (exact) mass is 220 g/mol. The second-order valence-electron chi connectivity index (χ2n) is 3.59. The summed E-state index contributed by atoms with van der Waals surface area (Å²) in [6, 6.07) is 7.43. The highest BCUT2D eigenvalue weighted by molar-refractivity contribution is 5.87. The zero-order chi connectivity index (χ0) is 12.0. The Morgan fingerprint density at radius 2 is 1.88 bits per heavy atom. The van der Waals surface area contributed by atoms with E-state index in [9.17, 15) is 4.79 Å². The predicted octanol–water partition coefficient (Wildman–Crippen LogP) is 2.66. The molecule has 0 aliphatic rings. The summed E-state index contributed by atoms with van der Waals surface area (Å²) >= 11 is 0. The highest BCUT2D eigenvalue weighted by Gasteiger charge is 1.99. The number of ether oxygens (including phenoxy) is 2. The van der Waals surface area contributed by atoms with Crippen molar-refractivity contribution in [3.8, 4) is 5.75 Å². The summed E-state index contributed by atoms with van der Waals surface area (Å²) in [4.78, 5) is 11.2. The number of methoxy groups -OCH3 is 1. The van der Waals surface area contributed by atoms with E-state index in [0.717, 1.165) is 11.3 Å². The Labute approximate surface area is 95.7 Å². The Morgan fingerprint density at radius 1 is 1.25 bits per heavy atom. The molecular formula is C13H16O3. The molecular weight excluding hydrogens is 204 g/mol. The van der Waals surface area contributed by atoms with Crippen molar-refractivity contribution in [3.63, 3.8) is 0 Å². The molecule has 0 aliphatic carbocycles. The van der Waals surface area contributed by atoms with Gasteiger partial charge in [0.1, 0.15) is 5.75 Å². The molecule has 0 amide bonds. The van der Waals surface area contributed by atoms with E-state index >= 15 is 0 Å². The van der Waals surface area contributed by atoms with Gasteiger partial charge < -0.3 is 9.47 Å². The lowest BCUT2D eigenvalue weighted by Gasteiger charge is -2.04. The van der Waals surface area contributed by atoms with E-state index in [2.05, 4.69) is 0 Å². The first kappa shape index (κ1) is 12.3. The van der Waals surface area contributed by atoms with Crippen LogP contribution in [0.5, 0.6) is 5.75 Å². The van der Waals surface area contributed by atoms with Gasteiger partial charge in [-0.05, 0) is 37.6 Å². The highest BCUT2D eigenvalue weighted by atomic mass is 16.5. The van der Waals surface area contributed by atoms with Crippen LogP contribution in [-0.4, -0.2) is 19.2 Å². The maximum atomic E-state index is 11.2. The average molecular weight is 220 g/mol. The van der Waals surface area contributed by atoms with Crippen LogP contribution in [0.25, 0.3) is 6.08 Å². The van der Waals surface area contributed by atoms with E-state index in [1.165, 1.54) is 6.08 Å². The molecule has 0 bridgehead atoms. The van der Waals surface area contributed by atoms with Crippen LogP contribution < -0.4 is 4.74 Å². The first-order valence-electron chi connectivity index (χ1n) is 5.14. The fourth-order valence-corrected chi connectivity index (χ4v) is 1.15. The third kappa shape index (κ3) is 4.17. The van der Waals surface area contributed by atoms with Crippen molar-refractivity contribution in [3.05, 3.63) is 35.9 Å². The van der Waals surface area contributed by atoms with Crippen LogP contribution in [-0.2, 0) is 9.53 Å². The normalized spacial score (nSPS) is 10.8. The van der Waals surface area contributed by atoms with Gasteiger partial charge in [-0.15, -0.1) is 0 Å². The van der Waals surface area contributed by atoms with E-state index in [1.807, 2.05) is 38.1 Å². The Hall–Kier alpha value is -1.77. The fourth-order valence-electron chi connectivity index (χ4n) is 1.15. The molecule has 0 saturated carbocycles. The SMILES string of the molecule is COc1ccc(C=CC(=O)OC(C)C)cc1. The van der Waals surface area contributed by atoms with Gasteiger partial charge in [0.25, 0.3) is 0 Å². The van der Waals surface area contributed by atoms with Gasteiger partial charge in [-0.1, -0.05) is 12.1 Å². The number of hydrogen-bond donors (Lipinski definition) is 0. The maximum absolute atomic E-state index is 11.2. The Morgan fingerprint density at radius 3 is 2.38 bits per heavy atom. The molecule has 1 aromatic rings. The quantitative estimate of drug-likeness (QED) is 0.578. The predicted molar refractivity (Wildman–Crippen MR) is 63.3 cm³/mol. The molecule has 0 heterocycles. The lowest BCUT2D eigenvalue weighted by Crippen LogP contribution is -2.08. The van der Waals surface area contributed by atoms with Crippen molar-refractivity contribution in [2.45, 2.75) is 20.0 Å². The van der Waals surface area contributed by atoms with Gasteiger partial charge in [0.05, 0.1) is 13.2 Å². The van der Waals surface area contributed by atoms with Crippen LogP contribution >= 0.6 is 0 Å². The van der Waals surface area contributed by atoms with Crippen molar-refractivity contribution in [2.24, 2.45) is 0 Å². The summed E-state index contributed by atoms with van der Waals surface area (Å²) < 4.78 is 10.00. The minimum absolute atomic E-state index is 0.0898. The first-order chi connectivity index (χ1) is 7.61. The van der Waals surface area contributed by atoms with Gasteiger partial charge in [0.2, 0.25) is 0 Å². The molecule has 3 nitrogen and oxygen atoms in total. The number of hydrogen-bond acceptors (Lipinski definition) is 3. The minimum Gasteiger partial charge on any atom is -0.497 e. The van der Waals surface area contributed by atoms with E-state index in [-0.39, 0.29) is 12.1 Å². The van der Waals surface area contributed by atoms with E-state index in [0.29, 0.717) is 0 Å². The average Bonchev–Trinajstić information content (AvgIpc) is 2.26. The number of carbonyl (C=O) groups is 1. The smallest absolute Gasteiger partial charge is 0.331 e. The molecule has 0 atom stereocenters. The van der Waals surface area contributed by atoms with Crippen molar-refractivity contribution in [1.29, 1.82) is 0 Å². The van der Waals surface area contributed by atoms with E-state index in [1.54, 1.807) is 13.2 Å². The standard InChI is InChI=1S/C13H16O3/c1-10(2)16-13(14)9-6-11-4-7-12(15-3)8-5-11/h4-10H,1-3H3. The molecule has 1 rings (SSSR count). The molecule has 0 fully saturated rings. The fraction of sp³-hybridized carbons (Fsp3) is 0.308. The van der Waals surface area contributed by atoms with Crippen molar-refractivity contribution >= 4 is 12.0 Å². The Bertz CT molecular complexity index is 363. The molecule has 0 N–H and O–H groups in total. The zero-order valence-electron chi connectivity index (χ0n) is 9.77. The van der Waals surface area contributed by atoms with Gasteiger partial charge in [-0.3, -0.25) is 0 Å². The van der Waals surface area contributed by atoms with E-state index in [4.69, 9.17) is 9.47 Å². The van der Waals surface area contributed by atoms with Gasteiger partial charge in [0.15, 0.2) is 0 Å². The Kier molecular flexibility index (Phi) is 4.58. The van der Waals surface area contributed by atoms with Gasteiger partial charge >= 0.3 is 5.97 Å². The van der Waals surface area contributed by atoms with Gasteiger partial charge in [0, 0.05) is 6.08 Å². The molecule has 0 aromatic heterocycles. The summed E-state index contributed by atoms with van der Waals surface area (Å²) in [5, 5.41) is 0. The molecule has 0 unspecified atom stereocenters. The minimum atomic E-state index is -0.328. The number of benzene rings is 1. The second-order valence-corrected chi connectivity index (χ2v) is 3.59. The maximum Gasteiger partial charge on any atom is 0.331 e. The third-order valence-corrected chi connectivity index (χ3v) is 1.88. The van der Waals surface area contributed by atoms with E-state index < -0.39 is 0 Å². The van der Waals surface area contributed by atoms with Crippen LogP contribution in [0.1, 0.15) is 19.4 Å². The number of esters is 1. The van der Waals surface area contributed by atoms with Gasteiger partial charge in [-0.2, -0.15) is 0 Å². The topological polar surface area (TPSA) is 35.5 Å². The molecule has 16 heavy (non-hydrogen) atoms. The number of carbonyl (C=O) groups excluding carboxylic acids is 1. The van der Waals surface area contributed by atoms with Crippen LogP contribution in [0, 0.1) is 0 Å². The summed E-state index contributed by atoms with van der Waals surface area (Å²) in [5.74, 6) is 0.465. The zero-order valence-corrected chi connectivity index (χ0v) is 9.77. The molecule has 1 aromatic carbocycles. The van der Waals surface area contributed by atoms with Crippen LogP contribution in [0.3, 0.4) is 0 Å². The summed E-state index contributed by atoms with van der Waals surface area (Å²) in [6.07, 6.45) is 3.04. The largest absolute Gasteiger partial charge is 0.497 e. The van der Waals surface area contributed by atoms with Crippen LogP contribution in [0.2, 0.25) is 0 Å². The molecule has 0 aliphatic heterocycles. The Balaban J connectivity index is 2.58. The molecule has 86 valence electrons. The molecule has 0 radical (unpaired) electrons. The van der Waals surface area contributed by atoms with Crippen LogP contribution in [0.15, 0.2) is 30.3 Å². The van der Waals surface area contributed by atoms with Gasteiger partial charge in [-0.25, -0.2) is 4.79 Å².